The standard InChI is InChI=1S/C9H8ClF3N4O/c10-6-3-8-16-15-7(17(8)5-14-6)1-2-18-4-9(11,12)13/h3,5H,1-2,4H2. The van der Waals surface area contributed by atoms with Gasteiger partial charge >= 0.3 is 6.18 Å². The molecule has 0 spiro atoms. The third kappa shape index (κ3) is 3.30. The number of alkyl halides is 3. The van der Waals surface area contributed by atoms with Crippen LogP contribution in [0.3, 0.4) is 0 Å². The topological polar surface area (TPSA) is 52.3 Å². The smallest absolute Gasteiger partial charge is 0.372 e. The predicted octanol–water partition coefficient (Wildman–Crippen LogP) is 1.90. The zero-order valence-corrected chi connectivity index (χ0v) is 9.74. The van der Waals surface area contributed by atoms with Crippen molar-refractivity contribution in [3.05, 3.63) is 23.4 Å². The Bertz CT molecular complexity index is 542. The van der Waals surface area contributed by atoms with Gasteiger partial charge in [-0.2, -0.15) is 13.2 Å². The molecule has 0 radical (unpaired) electrons. The molecule has 0 fully saturated rings. The Labute approximate surface area is 105 Å². The SMILES string of the molecule is FC(F)(F)COCCc1nnc2cc(Cl)ncn12. The van der Waals surface area contributed by atoms with Crippen molar-refractivity contribution in [1.82, 2.24) is 19.6 Å². The van der Waals surface area contributed by atoms with E-state index in [1.54, 1.807) is 4.40 Å². The molecule has 2 heterocycles. The quantitative estimate of drug-likeness (QED) is 0.634. The highest BCUT2D eigenvalue weighted by Crippen LogP contribution is 2.14. The van der Waals surface area contributed by atoms with E-state index < -0.39 is 12.8 Å². The van der Waals surface area contributed by atoms with Crippen LogP contribution < -0.4 is 0 Å². The Hall–Kier alpha value is -1.41. The van der Waals surface area contributed by atoms with Gasteiger partial charge < -0.3 is 4.74 Å². The summed E-state index contributed by atoms with van der Waals surface area (Å²) in [6.45, 7) is -1.36. The van der Waals surface area contributed by atoms with E-state index in [0.29, 0.717) is 11.5 Å². The maximum absolute atomic E-state index is 11.8. The summed E-state index contributed by atoms with van der Waals surface area (Å²) >= 11 is 5.66. The molecule has 5 nitrogen and oxygen atoms in total. The molecule has 2 aromatic heterocycles. The van der Waals surface area contributed by atoms with Gasteiger partial charge in [0.2, 0.25) is 0 Å². The van der Waals surface area contributed by atoms with Crippen LogP contribution in [0.25, 0.3) is 5.65 Å². The summed E-state index contributed by atoms with van der Waals surface area (Å²) < 4.78 is 41.5. The summed E-state index contributed by atoms with van der Waals surface area (Å²) in [5, 5.41) is 7.91. The van der Waals surface area contributed by atoms with Gasteiger partial charge in [0, 0.05) is 12.5 Å². The summed E-state index contributed by atoms with van der Waals surface area (Å²) in [6.07, 6.45) is -2.70. The first kappa shape index (κ1) is 13.0. The van der Waals surface area contributed by atoms with Crippen LogP contribution in [-0.2, 0) is 11.2 Å². The number of rotatable bonds is 4. The van der Waals surface area contributed by atoms with E-state index in [0.717, 1.165) is 0 Å². The van der Waals surface area contributed by atoms with E-state index in [1.165, 1.54) is 12.4 Å². The van der Waals surface area contributed by atoms with Crippen molar-refractivity contribution in [2.75, 3.05) is 13.2 Å². The van der Waals surface area contributed by atoms with Crippen LogP contribution in [0.15, 0.2) is 12.4 Å². The molecule has 18 heavy (non-hydrogen) atoms. The van der Waals surface area contributed by atoms with E-state index in [4.69, 9.17) is 11.6 Å². The van der Waals surface area contributed by atoms with E-state index in [1.807, 2.05) is 0 Å². The number of halogens is 4. The third-order valence-electron chi connectivity index (χ3n) is 2.07. The predicted molar refractivity (Wildman–Crippen MR) is 56.4 cm³/mol. The minimum absolute atomic E-state index is 0.0943. The summed E-state index contributed by atoms with van der Waals surface area (Å²) in [6, 6.07) is 1.51. The Morgan fingerprint density at radius 1 is 1.33 bits per heavy atom. The maximum atomic E-state index is 11.8. The molecule has 2 rings (SSSR count). The highest BCUT2D eigenvalue weighted by Gasteiger charge is 2.27. The minimum atomic E-state index is -4.32. The number of aromatic nitrogens is 4. The normalized spacial score (nSPS) is 12.2. The van der Waals surface area contributed by atoms with Crippen LogP contribution in [0.5, 0.6) is 0 Å². The van der Waals surface area contributed by atoms with Gasteiger partial charge in [0.15, 0.2) is 5.65 Å². The second-order valence-corrected chi connectivity index (χ2v) is 3.86. The number of ether oxygens (including phenoxy) is 1. The Kier molecular flexibility index (Phi) is 3.67. The van der Waals surface area contributed by atoms with E-state index in [2.05, 4.69) is 19.9 Å². The highest BCUT2D eigenvalue weighted by molar-refractivity contribution is 6.29. The van der Waals surface area contributed by atoms with Crippen molar-refractivity contribution >= 4 is 17.2 Å². The second kappa shape index (κ2) is 5.07. The third-order valence-corrected chi connectivity index (χ3v) is 2.28. The number of hydrogen-bond donors (Lipinski definition) is 0. The van der Waals surface area contributed by atoms with Gasteiger partial charge in [0.25, 0.3) is 0 Å². The summed E-state index contributed by atoms with van der Waals surface area (Å²) in [5.74, 6) is 0.469. The molecule has 2 aromatic rings. The molecule has 98 valence electrons. The summed E-state index contributed by atoms with van der Waals surface area (Å²) in [4.78, 5) is 3.84. The molecule has 0 aliphatic carbocycles. The first-order valence-corrected chi connectivity index (χ1v) is 5.33. The average molecular weight is 281 g/mol. The molecule has 9 heteroatoms. The molecular weight excluding hydrogens is 273 g/mol. The molecule has 0 atom stereocenters. The average Bonchev–Trinajstić information content (AvgIpc) is 2.65. The Morgan fingerprint density at radius 2 is 2.11 bits per heavy atom. The Morgan fingerprint density at radius 3 is 2.83 bits per heavy atom. The molecule has 0 amide bonds. The van der Waals surface area contributed by atoms with E-state index in [9.17, 15) is 13.2 Å². The summed E-state index contributed by atoms with van der Waals surface area (Å²) in [5.41, 5.74) is 0.487. The summed E-state index contributed by atoms with van der Waals surface area (Å²) in [7, 11) is 0. The number of fused-ring (bicyclic) bond motifs is 1. The Balaban J connectivity index is 1.96. The van der Waals surface area contributed by atoms with Crippen LogP contribution in [0.2, 0.25) is 5.15 Å². The van der Waals surface area contributed by atoms with Gasteiger partial charge in [-0.3, -0.25) is 4.40 Å². The largest absolute Gasteiger partial charge is 0.411 e. The first-order chi connectivity index (χ1) is 8.46. The fourth-order valence-electron chi connectivity index (χ4n) is 1.34. The van der Waals surface area contributed by atoms with E-state index in [-0.39, 0.29) is 18.2 Å². The zero-order valence-electron chi connectivity index (χ0n) is 8.98. The van der Waals surface area contributed by atoms with E-state index >= 15 is 0 Å². The van der Waals surface area contributed by atoms with Crippen molar-refractivity contribution in [2.24, 2.45) is 0 Å². The van der Waals surface area contributed by atoms with Crippen LogP contribution in [-0.4, -0.2) is 39.0 Å². The molecule has 0 saturated heterocycles. The maximum Gasteiger partial charge on any atom is 0.411 e. The monoisotopic (exact) mass is 280 g/mol. The van der Waals surface area contributed by atoms with Crippen molar-refractivity contribution in [3.8, 4) is 0 Å². The molecule has 0 unspecified atom stereocenters. The first-order valence-electron chi connectivity index (χ1n) is 4.95. The van der Waals surface area contributed by atoms with Crippen molar-refractivity contribution in [3.63, 3.8) is 0 Å². The van der Waals surface area contributed by atoms with Crippen LogP contribution in [0.4, 0.5) is 13.2 Å². The van der Waals surface area contributed by atoms with Gasteiger partial charge in [-0.1, -0.05) is 11.6 Å². The number of nitrogens with zero attached hydrogens (tertiary/aromatic N) is 4. The fourth-order valence-corrected chi connectivity index (χ4v) is 1.48. The molecule has 0 aliphatic heterocycles. The molecule has 0 N–H and O–H groups in total. The van der Waals surface area contributed by atoms with Crippen molar-refractivity contribution in [1.29, 1.82) is 0 Å². The highest BCUT2D eigenvalue weighted by atomic mass is 35.5. The van der Waals surface area contributed by atoms with Gasteiger partial charge in [-0.15, -0.1) is 10.2 Å². The molecule has 0 saturated carbocycles. The van der Waals surface area contributed by atoms with Crippen molar-refractivity contribution < 1.29 is 17.9 Å². The second-order valence-electron chi connectivity index (χ2n) is 3.47. The van der Waals surface area contributed by atoms with Crippen LogP contribution in [0.1, 0.15) is 5.82 Å². The van der Waals surface area contributed by atoms with Crippen LogP contribution in [0, 0.1) is 0 Å². The minimum Gasteiger partial charge on any atom is -0.372 e. The van der Waals surface area contributed by atoms with Gasteiger partial charge in [0.1, 0.15) is 23.9 Å². The lowest BCUT2D eigenvalue weighted by Gasteiger charge is -2.06. The van der Waals surface area contributed by atoms with Gasteiger partial charge in [-0.25, -0.2) is 4.98 Å². The molecule has 0 aliphatic rings. The van der Waals surface area contributed by atoms with Crippen LogP contribution >= 0.6 is 11.6 Å². The van der Waals surface area contributed by atoms with Gasteiger partial charge in [0.05, 0.1) is 6.61 Å². The lowest BCUT2D eigenvalue weighted by molar-refractivity contribution is -0.173. The molecule has 0 aromatic carbocycles. The molecular formula is C9H8ClF3N4O. The lowest BCUT2D eigenvalue weighted by Crippen LogP contribution is -2.18. The fraction of sp³-hybridized carbons (Fsp3) is 0.444. The molecule has 0 bridgehead atoms. The van der Waals surface area contributed by atoms with Gasteiger partial charge in [-0.05, 0) is 0 Å². The van der Waals surface area contributed by atoms with Crippen molar-refractivity contribution in [2.45, 2.75) is 12.6 Å². The lowest BCUT2D eigenvalue weighted by atomic mass is 10.4. The zero-order chi connectivity index (χ0) is 13.2. The number of hydrogen-bond acceptors (Lipinski definition) is 4.